The molecule has 3 N–H and O–H groups in total. The van der Waals surface area contributed by atoms with Gasteiger partial charge in [0.2, 0.25) is 5.91 Å². The molecule has 0 aliphatic rings. The molecule has 3 amide bonds. The topological polar surface area (TPSA) is 134 Å². The number of rotatable bonds is 8. The number of esters is 1. The Morgan fingerprint density at radius 2 is 1.57 bits per heavy atom. The molecule has 0 fully saturated rings. The second-order valence-electron chi connectivity index (χ2n) is 7.71. The lowest BCUT2D eigenvalue weighted by Gasteiger charge is -2.28. The van der Waals surface area contributed by atoms with Gasteiger partial charge in [-0.15, -0.1) is 0 Å². The van der Waals surface area contributed by atoms with Crippen molar-refractivity contribution in [3.63, 3.8) is 0 Å². The van der Waals surface area contributed by atoms with Gasteiger partial charge in [-0.05, 0) is 47.5 Å². The second-order valence-corrected chi connectivity index (χ2v) is 7.71. The molecule has 0 aliphatic carbocycles. The molecule has 3 atom stereocenters. The molecule has 0 saturated heterocycles. The van der Waals surface area contributed by atoms with E-state index < -0.39 is 47.6 Å². The first kappa shape index (κ1) is 25.6. The fraction of sp³-hybridized carbons (Fsp3) is 0.778. The molecule has 0 rings (SSSR count). The van der Waals surface area contributed by atoms with E-state index in [1.54, 1.807) is 41.5 Å². The van der Waals surface area contributed by atoms with Crippen LogP contribution in [0.15, 0.2) is 0 Å². The summed E-state index contributed by atoms with van der Waals surface area (Å²) >= 11 is 0. The van der Waals surface area contributed by atoms with Crippen molar-refractivity contribution in [3.05, 3.63) is 0 Å². The summed E-state index contributed by atoms with van der Waals surface area (Å²) in [7, 11) is 0. The number of carbonyl (C=O) groups excluding carboxylic acids is 4. The highest BCUT2D eigenvalue weighted by molar-refractivity contribution is 5.92. The second kappa shape index (κ2) is 10.8. The lowest BCUT2D eigenvalue weighted by atomic mass is 10.0. The Morgan fingerprint density at radius 1 is 1.04 bits per heavy atom. The first-order valence-electron chi connectivity index (χ1n) is 9.19. The van der Waals surface area contributed by atoms with Gasteiger partial charge in [0, 0.05) is 0 Å². The number of amides is 3. The number of hydrogen-bond acceptors (Lipinski definition) is 7. The Labute approximate surface area is 165 Å². The summed E-state index contributed by atoms with van der Waals surface area (Å²) in [4.78, 5) is 48.3. The minimum atomic E-state index is -1.30. The van der Waals surface area contributed by atoms with Gasteiger partial charge < -0.3 is 20.1 Å². The zero-order valence-corrected chi connectivity index (χ0v) is 17.9. The molecule has 0 saturated carbocycles. The molecule has 0 aliphatic heterocycles. The highest BCUT2D eigenvalue weighted by atomic mass is 16.6. The number of ether oxygens (including phenoxy) is 2. The van der Waals surface area contributed by atoms with Crippen LogP contribution in [0.5, 0.6) is 0 Å². The summed E-state index contributed by atoms with van der Waals surface area (Å²) in [6.07, 6.45) is -0.832. The predicted octanol–water partition coefficient (Wildman–Crippen LogP) is 1.21. The van der Waals surface area contributed by atoms with E-state index in [9.17, 15) is 24.4 Å². The maximum atomic E-state index is 12.4. The average Bonchev–Trinajstić information content (AvgIpc) is 2.55. The molecule has 0 aromatic rings. The first-order chi connectivity index (χ1) is 12.7. The first-order valence-corrected chi connectivity index (χ1v) is 9.19. The van der Waals surface area contributed by atoms with E-state index >= 15 is 0 Å². The molecule has 28 heavy (non-hydrogen) atoms. The van der Waals surface area contributed by atoms with Crippen LogP contribution in [0.3, 0.4) is 0 Å². The fourth-order valence-corrected chi connectivity index (χ4v) is 2.05. The number of hydrogen-bond donors (Lipinski definition) is 3. The summed E-state index contributed by atoms with van der Waals surface area (Å²) in [5, 5.41) is 15.0. The number of hydroxylamine groups is 2. The van der Waals surface area contributed by atoms with E-state index in [2.05, 4.69) is 10.6 Å². The Morgan fingerprint density at radius 3 is 2.00 bits per heavy atom. The van der Waals surface area contributed by atoms with Crippen LogP contribution in [0.1, 0.15) is 55.4 Å². The largest absolute Gasteiger partial charge is 0.464 e. The van der Waals surface area contributed by atoms with Crippen molar-refractivity contribution in [2.75, 3.05) is 6.61 Å². The number of carbonyl (C=O) groups is 4. The van der Waals surface area contributed by atoms with Crippen molar-refractivity contribution in [2.45, 2.75) is 79.1 Å². The maximum Gasteiger partial charge on any atom is 0.408 e. The van der Waals surface area contributed by atoms with Crippen molar-refractivity contribution in [1.82, 2.24) is 15.7 Å². The van der Waals surface area contributed by atoms with Crippen LogP contribution in [0.25, 0.3) is 0 Å². The van der Waals surface area contributed by atoms with Crippen molar-refractivity contribution in [2.24, 2.45) is 5.92 Å². The van der Waals surface area contributed by atoms with Crippen LogP contribution in [0.2, 0.25) is 0 Å². The van der Waals surface area contributed by atoms with Gasteiger partial charge in [0.1, 0.15) is 23.7 Å². The predicted molar refractivity (Wildman–Crippen MR) is 100 cm³/mol. The molecular weight excluding hydrogens is 370 g/mol. The lowest BCUT2D eigenvalue weighted by Crippen LogP contribution is -2.56. The molecule has 0 aromatic carbocycles. The molecule has 0 aromatic heterocycles. The van der Waals surface area contributed by atoms with E-state index in [1.807, 2.05) is 0 Å². The third kappa shape index (κ3) is 8.55. The standard InChI is InChI=1S/C18H33N3O7/c1-9-27-16(24)13(10(2)3)20-14(22)12(5)21(26)15(23)11(4)19-17(25)28-18(6,7)8/h10-13,26H,9H2,1-8H3,(H,19,25)(H,20,22)/t11-,12+,13-/m0/s1. The smallest absolute Gasteiger partial charge is 0.408 e. The Balaban J connectivity index is 4.94. The van der Waals surface area contributed by atoms with Crippen LogP contribution < -0.4 is 10.6 Å². The Hall–Kier alpha value is -2.36. The summed E-state index contributed by atoms with van der Waals surface area (Å²) in [5.74, 6) is -2.52. The van der Waals surface area contributed by atoms with E-state index in [1.165, 1.54) is 13.8 Å². The quantitative estimate of drug-likeness (QED) is 0.315. The normalized spacial score (nSPS) is 14.5. The number of nitrogens with one attached hydrogen (secondary N) is 2. The van der Waals surface area contributed by atoms with Gasteiger partial charge in [0.15, 0.2) is 0 Å². The third-order valence-electron chi connectivity index (χ3n) is 3.58. The van der Waals surface area contributed by atoms with Crippen molar-refractivity contribution in [3.8, 4) is 0 Å². The van der Waals surface area contributed by atoms with Gasteiger partial charge in [-0.1, -0.05) is 13.8 Å². The minimum absolute atomic E-state index is 0.159. The summed E-state index contributed by atoms with van der Waals surface area (Å²) < 4.78 is 9.96. The Kier molecular flexibility index (Phi) is 9.93. The molecule has 10 nitrogen and oxygen atoms in total. The summed E-state index contributed by atoms with van der Waals surface area (Å²) in [6.45, 7) is 12.9. The van der Waals surface area contributed by atoms with Gasteiger partial charge in [-0.2, -0.15) is 0 Å². The number of nitrogens with zero attached hydrogens (tertiary/aromatic N) is 1. The van der Waals surface area contributed by atoms with Crippen LogP contribution >= 0.6 is 0 Å². The van der Waals surface area contributed by atoms with Gasteiger partial charge in [-0.3, -0.25) is 14.8 Å². The van der Waals surface area contributed by atoms with Crippen LogP contribution in [0.4, 0.5) is 4.79 Å². The SMILES string of the molecule is CCOC(=O)[C@@H](NC(=O)[C@@H](C)N(O)C(=O)[C@H](C)NC(=O)OC(C)(C)C)C(C)C. The summed E-state index contributed by atoms with van der Waals surface area (Å²) in [6, 6.07) is -3.36. The van der Waals surface area contributed by atoms with E-state index in [-0.39, 0.29) is 17.6 Å². The van der Waals surface area contributed by atoms with E-state index in [0.717, 1.165) is 0 Å². The average molecular weight is 403 g/mol. The molecule has 0 radical (unpaired) electrons. The zero-order chi connectivity index (χ0) is 22.2. The van der Waals surface area contributed by atoms with Crippen LogP contribution in [-0.4, -0.2) is 64.5 Å². The summed E-state index contributed by atoms with van der Waals surface area (Å²) in [5.41, 5.74) is -0.752. The van der Waals surface area contributed by atoms with Crippen molar-refractivity contribution < 1.29 is 33.9 Å². The van der Waals surface area contributed by atoms with Gasteiger partial charge in [0.05, 0.1) is 6.61 Å². The zero-order valence-electron chi connectivity index (χ0n) is 17.9. The van der Waals surface area contributed by atoms with Crippen LogP contribution in [-0.2, 0) is 23.9 Å². The highest BCUT2D eigenvalue weighted by Gasteiger charge is 2.33. The lowest BCUT2D eigenvalue weighted by molar-refractivity contribution is -0.180. The fourth-order valence-electron chi connectivity index (χ4n) is 2.05. The monoisotopic (exact) mass is 403 g/mol. The molecule has 10 heteroatoms. The molecular formula is C18H33N3O7. The maximum absolute atomic E-state index is 12.4. The van der Waals surface area contributed by atoms with Gasteiger partial charge in [0.25, 0.3) is 5.91 Å². The third-order valence-corrected chi connectivity index (χ3v) is 3.58. The molecule has 0 heterocycles. The molecule has 162 valence electrons. The molecule has 0 bridgehead atoms. The number of alkyl carbamates (subject to hydrolysis) is 1. The molecule has 0 spiro atoms. The highest BCUT2D eigenvalue weighted by Crippen LogP contribution is 2.09. The molecule has 0 unspecified atom stereocenters. The van der Waals surface area contributed by atoms with E-state index in [0.29, 0.717) is 0 Å². The van der Waals surface area contributed by atoms with Gasteiger partial charge in [-0.25, -0.2) is 14.7 Å². The Bertz CT molecular complexity index is 572. The van der Waals surface area contributed by atoms with Crippen LogP contribution in [0, 0.1) is 5.92 Å². The van der Waals surface area contributed by atoms with E-state index in [4.69, 9.17) is 9.47 Å². The van der Waals surface area contributed by atoms with Crippen molar-refractivity contribution >= 4 is 23.9 Å². The van der Waals surface area contributed by atoms with Gasteiger partial charge >= 0.3 is 12.1 Å². The minimum Gasteiger partial charge on any atom is -0.464 e. The van der Waals surface area contributed by atoms with Crippen molar-refractivity contribution in [1.29, 1.82) is 0 Å².